The predicted octanol–water partition coefficient (Wildman–Crippen LogP) is 3.98. The van der Waals surface area contributed by atoms with E-state index in [1.54, 1.807) is 0 Å². The standard InChI is InChI=1S/C17H19NO2/c1-2-4-13-7-9-15(10-8-13)18-11-14-5-3-6-16-17(14)20-12-19-16/h3,5-10,18H,2,4,11-12H2,1H3. The van der Waals surface area contributed by atoms with Crippen LogP contribution in [0, 0.1) is 0 Å². The van der Waals surface area contributed by atoms with Gasteiger partial charge in [0.05, 0.1) is 0 Å². The minimum Gasteiger partial charge on any atom is -0.454 e. The number of nitrogens with one attached hydrogen (secondary N) is 1. The summed E-state index contributed by atoms with van der Waals surface area (Å²) in [4.78, 5) is 0. The van der Waals surface area contributed by atoms with E-state index < -0.39 is 0 Å². The molecule has 0 unspecified atom stereocenters. The van der Waals surface area contributed by atoms with Crippen LogP contribution in [0.1, 0.15) is 24.5 Å². The molecule has 0 atom stereocenters. The molecule has 0 fully saturated rings. The molecule has 0 saturated heterocycles. The molecule has 2 aromatic rings. The molecule has 1 aliphatic rings. The molecule has 2 aromatic carbocycles. The second-order valence-corrected chi connectivity index (χ2v) is 4.95. The fourth-order valence-corrected chi connectivity index (χ4v) is 2.41. The molecule has 3 rings (SSSR count). The summed E-state index contributed by atoms with van der Waals surface area (Å²) < 4.78 is 10.9. The van der Waals surface area contributed by atoms with E-state index in [1.165, 1.54) is 12.0 Å². The predicted molar refractivity (Wildman–Crippen MR) is 80.3 cm³/mol. The lowest BCUT2D eigenvalue weighted by Gasteiger charge is -2.09. The highest BCUT2D eigenvalue weighted by atomic mass is 16.7. The Morgan fingerprint density at radius 3 is 2.70 bits per heavy atom. The van der Waals surface area contributed by atoms with Gasteiger partial charge in [0.25, 0.3) is 0 Å². The number of ether oxygens (including phenoxy) is 2. The Hall–Kier alpha value is -2.16. The van der Waals surface area contributed by atoms with Gasteiger partial charge in [-0.25, -0.2) is 0 Å². The van der Waals surface area contributed by atoms with Crippen molar-refractivity contribution in [3.05, 3.63) is 53.6 Å². The first-order valence-electron chi connectivity index (χ1n) is 7.07. The van der Waals surface area contributed by atoms with Crippen molar-refractivity contribution in [2.24, 2.45) is 0 Å². The highest BCUT2D eigenvalue weighted by Crippen LogP contribution is 2.35. The van der Waals surface area contributed by atoms with E-state index in [0.717, 1.165) is 35.7 Å². The Bertz CT molecular complexity index is 578. The summed E-state index contributed by atoms with van der Waals surface area (Å²) in [5, 5.41) is 3.42. The monoisotopic (exact) mass is 269 g/mol. The van der Waals surface area contributed by atoms with Gasteiger partial charge in [-0.3, -0.25) is 0 Å². The van der Waals surface area contributed by atoms with Crippen LogP contribution in [0.5, 0.6) is 11.5 Å². The average Bonchev–Trinajstić information content (AvgIpc) is 2.96. The van der Waals surface area contributed by atoms with Crippen molar-refractivity contribution >= 4 is 5.69 Å². The SMILES string of the molecule is CCCc1ccc(NCc2cccc3c2OCO3)cc1. The molecule has 1 N–H and O–H groups in total. The summed E-state index contributed by atoms with van der Waals surface area (Å²) in [6.45, 7) is 3.25. The number of aryl methyl sites for hydroxylation is 1. The Morgan fingerprint density at radius 1 is 1.05 bits per heavy atom. The summed E-state index contributed by atoms with van der Waals surface area (Å²) in [5.41, 5.74) is 3.63. The first-order chi connectivity index (χ1) is 9.86. The number of rotatable bonds is 5. The van der Waals surface area contributed by atoms with Crippen LogP contribution in [0.2, 0.25) is 0 Å². The molecule has 0 bridgehead atoms. The largest absolute Gasteiger partial charge is 0.454 e. The summed E-state index contributed by atoms with van der Waals surface area (Å²) in [7, 11) is 0. The van der Waals surface area contributed by atoms with Crippen LogP contribution in [-0.4, -0.2) is 6.79 Å². The summed E-state index contributed by atoms with van der Waals surface area (Å²) in [5.74, 6) is 1.70. The van der Waals surface area contributed by atoms with Crippen molar-refractivity contribution in [3.63, 3.8) is 0 Å². The summed E-state index contributed by atoms with van der Waals surface area (Å²) in [6.07, 6.45) is 2.32. The van der Waals surface area contributed by atoms with Crippen LogP contribution < -0.4 is 14.8 Å². The lowest BCUT2D eigenvalue weighted by molar-refractivity contribution is 0.173. The highest BCUT2D eigenvalue weighted by Gasteiger charge is 2.16. The van der Waals surface area contributed by atoms with Gasteiger partial charge in [-0.2, -0.15) is 0 Å². The van der Waals surface area contributed by atoms with E-state index in [1.807, 2.05) is 12.1 Å². The fraction of sp³-hybridized carbons (Fsp3) is 0.294. The third-order valence-corrected chi connectivity index (χ3v) is 3.45. The zero-order valence-corrected chi connectivity index (χ0v) is 11.7. The number of hydrogen-bond acceptors (Lipinski definition) is 3. The molecular weight excluding hydrogens is 250 g/mol. The molecule has 0 aromatic heterocycles. The maximum atomic E-state index is 5.51. The zero-order chi connectivity index (χ0) is 13.8. The molecule has 0 radical (unpaired) electrons. The normalized spacial score (nSPS) is 12.4. The first kappa shape index (κ1) is 12.9. The fourth-order valence-electron chi connectivity index (χ4n) is 2.41. The second kappa shape index (κ2) is 5.87. The summed E-state index contributed by atoms with van der Waals surface area (Å²) >= 11 is 0. The third-order valence-electron chi connectivity index (χ3n) is 3.45. The van der Waals surface area contributed by atoms with Crippen LogP contribution >= 0.6 is 0 Å². The molecule has 1 aliphatic heterocycles. The molecule has 0 spiro atoms. The molecule has 104 valence electrons. The minimum absolute atomic E-state index is 0.318. The van der Waals surface area contributed by atoms with Gasteiger partial charge in [-0.1, -0.05) is 37.6 Å². The Labute approximate surface area is 119 Å². The Balaban J connectivity index is 1.66. The van der Waals surface area contributed by atoms with Crippen molar-refractivity contribution in [1.82, 2.24) is 0 Å². The van der Waals surface area contributed by atoms with Gasteiger partial charge in [0.2, 0.25) is 6.79 Å². The number of anilines is 1. The van der Waals surface area contributed by atoms with Crippen LogP contribution in [0.4, 0.5) is 5.69 Å². The van der Waals surface area contributed by atoms with Crippen molar-refractivity contribution in [2.45, 2.75) is 26.3 Å². The minimum atomic E-state index is 0.318. The third kappa shape index (κ3) is 2.72. The average molecular weight is 269 g/mol. The molecule has 3 heteroatoms. The summed E-state index contributed by atoms with van der Waals surface area (Å²) in [6, 6.07) is 14.6. The quantitative estimate of drug-likeness (QED) is 0.890. The first-order valence-corrected chi connectivity index (χ1v) is 7.07. The lowest BCUT2D eigenvalue weighted by atomic mass is 10.1. The zero-order valence-electron chi connectivity index (χ0n) is 11.7. The van der Waals surface area contributed by atoms with Gasteiger partial charge in [-0.15, -0.1) is 0 Å². The van der Waals surface area contributed by atoms with Gasteiger partial charge in [-0.05, 0) is 30.2 Å². The van der Waals surface area contributed by atoms with E-state index in [9.17, 15) is 0 Å². The maximum Gasteiger partial charge on any atom is 0.231 e. The number of benzene rings is 2. The molecule has 20 heavy (non-hydrogen) atoms. The number of fused-ring (bicyclic) bond motifs is 1. The van der Waals surface area contributed by atoms with Crippen LogP contribution in [-0.2, 0) is 13.0 Å². The van der Waals surface area contributed by atoms with E-state index in [-0.39, 0.29) is 0 Å². The van der Waals surface area contributed by atoms with Gasteiger partial charge in [0.1, 0.15) is 0 Å². The van der Waals surface area contributed by atoms with Crippen LogP contribution in [0.25, 0.3) is 0 Å². The van der Waals surface area contributed by atoms with Crippen LogP contribution in [0.15, 0.2) is 42.5 Å². The van der Waals surface area contributed by atoms with Crippen molar-refractivity contribution in [1.29, 1.82) is 0 Å². The molecule has 0 saturated carbocycles. The molecule has 3 nitrogen and oxygen atoms in total. The van der Waals surface area contributed by atoms with E-state index in [4.69, 9.17) is 9.47 Å². The van der Waals surface area contributed by atoms with Gasteiger partial charge >= 0.3 is 0 Å². The second-order valence-electron chi connectivity index (χ2n) is 4.95. The van der Waals surface area contributed by atoms with Crippen molar-refractivity contribution in [2.75, 3.05) is 12.1 Å². The van der Waals surface area contributed by atoms with Crippen molar-refractivity contribution in [3.8, 4) is 11.5 Å². The van der Waals surface area contributed by atoms with E-state index >= 15 is 0 Å². The van der Waals surface area contributed by atoms with Crippen molar-refractivity contribution < 1.29 is 9.47 Å². The van der Waals surface area contributed by atoms with E-state index in [0.29, 0.717) is 6.79 Å². The van der Waals surface area contributed by atoms with E-state index in [2.05, 4.69) is 42.6 Å². The maximum absolute atomic E-state index is 5.51. The van der Waals surface area contributed by atoms with Gasteiger partial charge in [0, 0.05) is 17.8 Å². The van der Waals surface area contributed by atoms with Gasteiger partial charge in [0.15, 0.2) is 11.5 Å². The van der Waals surface area contributed by atoms with Gasteiger partial charge < -0.3 is 14.8 Å². The van der Waals surface area contributed by atoms with Crippen LogP contribution in [0.3, 0.4) is 0 Å². The molecule has 0 aliphatic carbocycles. The smallest absolute Gasteiger partial charge is 0.231 e. The topological polar surface area (TPSA) is 30.5 Å². The number of hydrogen-bond donors (Lipinski definition) is 1. The molecule has 0 amide bonds. The Kier molecular flexibility index (Phi) is 3.77. The Morgan fingerprint density at radius 2 is 1.90 bits per heavy atom. The lowest BCUT2D eigenvalue weighted by Crippen LogP contribution is -2.01. The molecular formula is C17H19NO2. The number of para-hydroxylation sites is 1. The molecule has 1 heterocycles. The highest BCUT2D eigenvalue weighted by molar-refractivity contribution is 5.51.